The Morgan fingerprint density at radius 3 is 2.35 bits per heavy atom. The van der Waals surface area contributed by atoms with Crippen molar-refractivity contribution in [2.24, 2.45) is 0 Å². The monoisotopic (exact) mass is 353 g/mol. The standard InChI is InChI=1S/C19H19N3O4/c1-13(26-17-9-5-14(11-20)6-10-17)18(23)21-12-15-3-7-16(8-4-15)22-19(24)25-2/h3-10,13H,12H2,1-2H3,(H,21,23)(H,22,24). The number of carbonyl (C=O) groups is 2. The van der Waals surface area contributed by atoms with E-state index >= 15 is 0 Å². The van der Waals surface area contributed by atoms with E-state index in [1.54, 1.807) is 55.5 Å². The van der Waals surface area contributed by atoms with Crippen LogP contribution in [0.15, 0.2) is 48.5 Å². The topological polar surface area (TPSA) is 100 Å². The maximum atomic E-state index is 12.1. The molecule has 26 heavy (non-hydrogen) atoms. The molecule has 2 aromatic carbocycles. The van der Waals surface area contributed by atoms with Crippen molar-refractivity contribution in [3.8, 4) is 11.8 Å². The van der Waals surface area contributed by atoms with Gasteiger partial charge >= 0.3 is 6.09 Å². The molecule has 0 aromatic heterocycles. The van der Waals surface area contributed by atoms with Gasteiger partial charge in [-0.3, -0.25) is 10.1 Å². The van der Waals surface area contributed by atoms with E-state index < -0.39 is 12.2 Å². The largest absolute Gasteiger partial charge is 0.481 e. The summed E-state index contributed by atoms with van der Waals surface area (Å²) in [4.78, 5) is 23.3. The van der Waals surface area contributed by atoms with Gasteiger partial charge in [-0.15, -0.1) is 0 Å². The van der Waals surface area contributed by atoms with Crippen molar-refractivity contribution >= 4 is 17.7 Å². The number of nitrogens with one attached hydrogen (secondary N) is 2. The highest BCUT2D eigenvalue weighted by Gasteiger charge is 2.14. The van der Waals surface area contributed by atoms with Gasteiger partial charge in [-0.1, -0.05) is 12.1 Å². The van der Waals surface area contributed by atoms with Crippen LogP contribution < -0.4 is 15.4 Å². The van der Waals surface area contributed by atoms with Crippen molar-refractivity contribution in [3.05, 3.63) is 59.7 Å². The predicted molar refractivity (Wildman–Crippen MR) is 95.6 cm³/mol. The second-order valence-electron chi connectivity index (χ2n) is 5.43. The van der Waals surface area contributed by atoms with E-state index in [2.05, 4.69) is 15.4 Å². The lowest BCUT2D eigenvalue weighted by Gasteiger charge is -2.15. The summed E-state index contributed by atoms with van der Waals surface area (Å²) in [5, 5.41) is 14.1. The van der Waals surface area contributed by atoms with Crippen LogP contribution in [0.4, 0.5) is 10.5 Å². The lowest BCUT2D eigenvalue weighted by molar-refractivity contribution is -0.127. The van der Waals surface area contributed by atoms with Crippen LogP contribution in [0.2, 0.25) is 0 Å². The van der Waals surface area contributed by atoms with Crippen LogP contribution in [0.5, 0.6) is 5.75 Å². The van der Waals surface area contributed by atoms with E-state index in [0.717, 1.165) is 5.56 Å². The fraction of sp³-hybridized carbons (Fsp3) is 0.211. The number of ether oxygens (including phenoxy) is 2. The predicted octanol–water partition coefficient (Wildman–Crippen LogP) is 2.82. The number of nitriles is 1. The van der Waals surface area contributed by atoms with Gasteiger partial charge in [-0.25, -0.2) is 4.79 Å². The summed E-state index contributed by atoms with van der Waals surface area (Å²) in [6.45, 7) is 1.98. The summed E-state index contributed by atoms with van der Waals surface area (Å²) in [6, 6.07) is 15.6. The molecule has 1 unspecified atom stereocenters. The molecule has 0 aliphatic carbocycles. The Morgan fingerprint density at radius 1 is 1.12 bits per heavy atom. The number of hydrogen-bond donors (Lipinski definition) is 2. The lowest BCUT2D eigenvalue weighted by atomic mass is 10.2. The van der Waals surface area contributed by atoms with Crippen LogP contribution in [0.25, 0.3) is 0 Å². The lowest BCUT2D eigenvalue weighted by Crippen LogP contribution is -2.35. The van der Waals surface area contributed by atoms with Gasteiger partial charge in [0, 0.05) is 12.2 Å². The molecule has 7 heteroatoms. The number of benzene rings is 2. The molecule has 7 nitrogen and oxygen atoms in total. The molecule has 0 spiro atoms. The normalized spacial score (nSPS) is 11.0. The quantitative estimate of drug-likeness (QED) is 0.832. The summed E-state index contributed by atoms with van der Waals surface area (Å²) < 4.78 is 10.1. The van der Waals surface area contributed by atoms with E-state index in [-0.39, 0.29) is 5.91 Å². The summed E-state index contributed by atoms with van der Waals surface area (Å²) in [6.07, 6.45) is -1.22. The van der Waals surface area contributed by atoms with Gasteiger partial charge in [-0.2, -0.15) is 5.26 Å². The van der Waals surface area contributed by atoms with Crippen LogP contribution >= 0.6 is 0 Å². The summed E-state index contributed by atoms with van der Waals surface area (Å²) >= 11 is 0. The highest BCUT2D eigenvalue weighted by atomic mass is 16.5. The number of anilines is 1. The average Bonchev–Trinajstić information content (AvgIpc) is 2.67. The first-order chi connectivity index (χ1) is 12.5. The minimum Gasteiger partial charge on any atom is -0.481 e. The van der Waals surface area contributed by atoms with Gasteiger partial charge < -0.3 is 14.8 Å². The van der Waals surface area contributed by atoms with Crippen molar-refractivity contribution in [3.63, 3.8) is 0 Å². The first-order valence-electron chi connectivity index (χ1n) is 7.90. The van der Waals surface area contributed by atoms with Crippen LogP contribution in [-0.2, 0) is 16.1 Å². The second kappa shape index (κ2) is 9.08. The van der Waals surface area contributed by atoms with E-state index in [1.807, 2.05) is 6.07 Å². The third-order valence-electron chi connectivity index (χ3n) is 3.52. The molecule has 0 saturated carbocycles. The van der Waals surface area contributed by atoms with Gasteiger partial charge in [0.2, 0.25) is 0 Å². The summed E-state index contributed by atoms with van der Waals surface area (Å²) in [5.74, 6) is 0.260. The first kappa shape index (κ1) is 18.8. The minimum atomic E-state index is -0.678. The number of hydrogen-bond acceptors (Lipinski definition) is 5. The van der Waals surface area contributed by atoms with E-state index in [4.69, 9.17) is 10.00 Å². The fourth-order valence-electron chi connectivity index (χ4n) is 2.07. The number of carbonyl (C=O) groups excluding carboxylic acids is 2. The number of nitrogens with zero attached hydrogens (tertiary/aromatic N) is 1. The number of rotatable bonds is 6. The Kier molecular flexibility index (Phi) is 6.57. The molecular weight excluding hydrogens is 334 g/mol. The zero-order valence-electron chi connectivity index (χ0n) is 14.5. The third kappa shape index (κ3) is 5.53. The van der Waals surface area contributed by atoms with Crippen molar-refractivity contribution in [1.29, 1.82) is 5.26 Å². The maximum Gasteiger partial charge on any atom is 0.411 e. The molecule has 2 N–H and O–H groups in total. The SMILES string of the molecule is COC(=O)Nc1ccc(CNC(=O)C(C)Oc2ccc(C#N)cc2)cc1. The Labute approximate surface area is 151 Å². The molecule has 0 bridgehead atoms. The smallest absolute Gasteiger partial charge is 0.411 e. The minimum absolute atomic E-state index is 0.258. The summed E-state index contributed by atoms with van der Waals surface area (Å²) in [7, 11) is 1.29. The van der Waals surface area contributed by atoms with Crippen molar-refractivity contribution in [2.45, 2.75) is 19.6 Å². The molecule has 0 radical (unpaired) electrons. The van der Waals surface area contributed by atoms with Crippen LogP contribution in [0.1, 0.15) is 18.1 Å². The van der Waals surface area contributed by atoms with Crippen LogP contribution in [0, 0.1) is 11.3 Å². The Morgan fingerprint density at radius 2 is 1.77 bits per heavy atom. The Balaban J connectivity index is 1.83. The number of methoxy groups -OCH3 is 1. The molecule has 0 fully saturated rings. The molecule has 2 amide bonds. The van der Waals surface area contributed by atoms with Crippen molar-refractivity contribution < 1.29 is 19.1 Å². The first-order valence-corrected chi connectivity index (χ1v) is 7.90. The van der Waals surface area contributed by atoms with Gasteiger partial charge in [0.25, 0.3) is 5.91 Å². The van der Waals surface area contributed by atoms with Crippen LogP contribution in [-0.4, -0.2) is 25.2 Å². The Hall–Kier alpha value is -3.53. The van der Waals surface area contributed by atoms with E-state index in [9.17, 15) is 9.59 Å². The Bertz CT molecular complexity index is 795. The van der Waals surface area contributed by atoms with E-state index in [1.165, 1.54) is 7.11 Å². The zero-order chi connectivity index (χ0) is 18.9. The molecule has 2 aromatic rings. The third-order valence-corrected chi connectivity index (χ3v) is 3.52. The van der Waals surface area contributed by atoms with Gasteiger partial charge in [0.05, 0.1) is 18.7 Å². The van der Waals surface area contributed by atoms with Crippen molar-refractivity contribution in [1.82, 2.24) is 5.32 Å². The molecule has 1 atom stereocenters. The second-order valence-corrected chi connectivity index (χ2v) is 5.43. The average molecular weight is 353 g/mol. The highest BCUT2D eigenvalue weighted by molar-refractivity contribution is 5.84. The zero-order valence-corrected chi connectivity index (χ0v) is 14.5. The molecule has 0 aliphatic rings. The highest BCUT2D eigenvalue weighted by Crippen LogP contribution is 2.14. The fourth-order valence-corrected chi connectivity index (χ4v) is 2.07. The van der Waals surface area contributed by atoms with Crippen LogP contribution in [0.3, 0.4) is 0 Å². The summed E-state index contributed by atoms with van der Waals surface area (Å²) in [5.41, 5.74) is 2.00. The van der Waals surface area contributed by atoms with Gasteiger partial charge in [-0.05, 0) is 48.9 Å². The molecule has 0 saturated heterocycles. The number of amides is 2. The molecule has 2 rings (SSSR count). The van der Waals surface area contributed by atoms with Gasteiger partial charge in [0.1, 0.15) is 5.75 Å². The molecule has 0 heterocycles. The molecule has 134 valence electrons. The molecule has 0 aliphatic heterocycles. The molecular formula is C19H19N3O4. The van der Waals surface area contributed by atoms with Gasteiger partial charge in [0.15, 0.2) is 6.10 Å². The van der Waals surface area contributed by atoms with E-state index in [0.29, 0.717) is 23.5 Å². The van der Waals surface area contributed by atoms with Crippen molar-refractivity contribution in [2.75, 3.05) is 12.4 Å². The maximum absolute atomic E-state index is 12.1.